The third-order valence-electron chi connectivity index (χ3n) is 8.74. The fourth-order valence-corrected chi connectivity index (χ4v) is 5.93. The lowest BCUT2D eigenvalue weighted by Gasteiger charge is -2.29. The van der Waals surface area contributed by atoms with Crippen molar-refractivity contribution in [3.05, 3.63) is 70.8 Å². The zero-order valence-corrected chi connectivity index (χ0v) is 26.9. The molecule has 4 rings (SSSR count). The first-order chi connectivity index (χ1) is 21.5. The molecule has 2 aliphatic rings. The van der Waals surface area contributed by atoms with Crippen molar-refractivity contribution in [3.63, 3.8) is 0 Å². The predicted octanol–water partition coefficient (Wildman–Crippen LogP) is 8.41. The minimum Gasteiger partial charge on any atom is -0.464 e. The zero-order chi connectivity index (χ0) is 31.1. The molecule has 0 N–H and O–H groups in total. The van der Waals surface area contributed by atoms with E-state index in [9.17, 15) is 9.59 Å². The van der Waals surface area contributed by atoms with Crippen molar-refractivity contribution in [1.29, 1.82) is 0 Å². The molecule has 6 heteroatoms. The second-order valence-corrected chi connectivity index (χ2v) is 12.2. The maximum Gasteiger partial charge on any atom is 0.338 e. The van der Waals surface area contributed by atoms with Crippen molar-refractivity contribution >= 4 is 11.9 Å². The van der Waals surface area contributed by atoms with Crippen LogP contribution in [-0.4, -0.2) is 37.4 Å². The topological polar surface area (TPSA) is 71.1 Å². The summed E-state index contributed by atoms with van der Waals surface area (Å²) >= 11 is 0. The quantitative estimate of drug-likeness (QED) is 0.123. The van der Waals surface area contributed by atoms with E-state index in [1.54, 1.807) is 0 Å². The van der Waals surface area contributed by atoms with E-state index < -0.39 is 30.4 Å². The molecule has 0 bridgehead atoms. The van der Waals surface area contributed by atoms with Crippen LogP contribution in [0, 0.1) is 17.8 Å². The molecule has 0 aromatic heterocycles. The van der Waals surface area contributed by atoms with Crippen LogP contribution in [-0.2, 0) is 28.5 Å². The molecule has 0 unspecified atom stereocenters. The normalized spacial score (nSPS) is 21.8. The van der Waals surface area contributed by atoms with E-state index in [0.717, 1.165) is 42.7 Å². The van der Waals surface area contributed by atoms with Gasteiger partial charge >= 0.3 is 11.9 Å². The first-order valence-corrected chi connectivity index (χ1v) is 16.9. The van der Waals surface area contributed by atoms with Crippen molar-refractivity contribution in [2.75, 3.05) is 13.2 Å². The van der Waals surface area contributed by atoms with Crippen LogP contribution < -0.4 is 0 Å². The Balaban J connectivity index is 1.33. The van der Waals surface area contributed by atoms with Gasteiger partial charge in [0.05, 0.1) is 13.2 Å². The van der Waals surface area contributed by atoms with E-state index in [-0.39, 0.29) is 13.2 Å². The molecule has 1 aliphatic carbocycles. The number of esters is 2. The molecule has 238 valence electrons. The molecule has 1 saturated carbocycles. The number of ether oxygens (including phenoxy) is 4. The standard InChI is InChI=1S/C38H50O6/c1-4-7-10-11-28-14-20-31(21-15-28)32-22-16-29(17-23-32)12-13-30-18-24-33(25-19-30)38-43-34(36(39)41-26-8-5-2)35(44-38)37(40)42-27-9-6-3/h16-19,22-25,28,31,34-35,38H,4-11,14-15,20-21,26-27H2,1-3H3/t28?,31?,34-,35-/m1/s1. The van der Waals surface area contributed by atoms with Gasteiger partial charge < -0.3 is 18.9 Å². The van der Waals surface area contributed by atoms with Crippen molar-refractivity contribution in [2.24, 2.45) is 5.92 Å². The molecular weight excluding hydrogens is 552 g/mol. The van der Waals surface area contributed by atoms with Crippen molar-refractivity contribution in [3.8, 4) is 11.8 Å². The number of hydrogen-bond acceptors (Lipinski definition) is 6. The van der Waals surface area contributed by atoms with Crippen LogP contribution in [0.3, 0.4) is 0 Å². The van der Waals surface area contributed by atoms with Crippen LogP contribution in [0.2, 0.25) is 0 Å². The van der Waals surface area contributed by atoms with Gasteiger partial charge in [-0.1, -0.05) is 95.4 Å². The molecule has 0 amide bonds. The van der Waals surface area contributed by atoms with Gasteiger partial charge in [0.25, 0.3) is 0 Å². The number of unbranched alkanes of at least 4 members (excludes halogenated alkanes) is 4. The van der Waals surface area contributed by atoms with Crippen molar-refractivity contribution in [1.82, 2.24) is 0 Å². The highest BCUT2D eigenvalue weighted by Gasteiger charge is 2.47. The summed E-state index contributed by atoms with van der Waals surface area (Å²) < 4.78 is 22.5. The Kier molecular flexibility index (Phi) is 13.8. The highest BCUT2D eigenvalue weighted by Crippen LogP contribution is 2.38. The van der Waals surface area contributed by atoms with Crippen LogP contribution in [0.15, 0.2) is 48.5 Å². The summed E-state index contributed by atoms with van der Waals surface area (Å²) in [5.41, 5.74) is 3.96. The van der Waals surface area contributed by atoms with Gasteiger partial charge in [0.2, 0.25) is 0 Å². The Morgan fingerprint density at radius 1 is 0.659 bits per heavy atom. The van der Waals surface area contributed by atoms with Crippen LogP contribution >= 0.6 is 0 Å². The monoisotopic (exact) mass is 602 g/mol. The average Bonchev–Trinajstić information content (AvgIpc) is 3.51. The molecule has 6 nitrogen and oxygen atoms in total. The van der Waals surface area contributed by atoms with Gasteiger partial charge in [0, 0.05) is 16.7 Å². The highest BCUT2D eigenvalue weighted by molar-refractivity contribution is 5.86. The molecule has 1 heterocycles. The van der Waals surface area contributed by atoms with Gasteiger partial charge in [0.1, 0.15) is 0 Å². The lowest BCUT2D eigenvalue weighted by molar-refractivity contribution is -0.163. The summed E-state index contributed by atoms with van der Waals surface area (Å²) in [6, 6.07) is 16.2. The Morgan fingerprint density at radius 2 is 1.14 bits per heavy atom. The van der Waals surface area contributed by atoms with Gasteiger partial charge in [0.15, 0.2) is 18.5 Å². The van der Waals surface area contributed by atoms with E-state index in [4.69, 9.17) is 18.9 Å². The molecule has 2 fully saturated rings. The highest BCUT2D eigenvalue weighted by atomic mass is 16.8. The molecule has 0 spiro atoms. The van der Waals surface area contributed by atoms with E-state index >= 15 is 0 Å². The Bertz CT molecular complexity index is 1190. The van der Waals surface area contributed by atoms with E-state index in [1.165, 1.54) is 56.9 Å². The van der Waals surface area contributed by atoms with E-state index in [0.29, 0.717) is 11.5 Å². The lowest BCUT2D eigenvalue weighted by Crippen LogP contribution is -2.39. The summed E-state index contributed by atoms with van der Waals surface area (Å²) in [7, 11) is 0. The van der Waals surface area contributed by atoms with Gasteiger partial charge in [-0.2, -0.15) is 0 Å². The number of rotatable bonds is 14. The third-order valence-corrected chi connectivity index (χ3v) is 8.74. The number of carbonyl (C=O) groups excluding carboxylic acids is 2. The Hall–Kier alpha value is -3.14. The van der Waals surface area contributed by atoms with Gasteiger partial charge in [-0.3, -0.25) is 0 Å². The van der Waals surface area contributed by atoms with E-state index in [1.807, 2.05) is 38.1 Å². The fourth-order valence-electron chi connectivity index (χ4n) is 5.93. The summed E-state index contributed by atoms with van der Waals surface area (Å²) in [5.74, 6) is 6.88. The second kappa shape index (κ2) is 18.0. The molecule has 44 heavy (non-hydrogen) atoms. The van der Waals surface area contributed by atoms with Crippen molar-refractivity contribution in [2.45, 2.75) is 122 Å². The number of benzene rings is 2. The molecule has 0 radical (unpaired) electrons. The van der Waals surface area contributed by atoms with Crippen LogP contribution in [0.25, 0.3) is 0 Å². The lowest BCUT2D eigenvalue weighted by atomic mass is 9.77. The Morgan fingerprint density at radius 3 is 1.61 bits per heavy atom. The molecule has 2 atom stereocenters. The summed E-state index contributed by atoms with van der Waals surface area (Å²) in [6.45, 7) is 6.85. The van der Waals surface area contributed by atoms with Crippen LogP contribution in [0.1, 0.15) is 132 Å². The van der Waals surface area contributed by atoms with Crippen molar-refractivity contribution < 1.29 is 28.5 Å². The first-order valence-electron chi connectivity index (χ1n) is 16.9. The summed E-state index contributed by atoms with van der Waals surface area (Å²) in [6.07, 6.45) is 10.8. The summed E-state index contributed by atoms with van der Waals surface area (Å²) in [5, 5.41) is 0. The smallest absolute Gasteiger partial charge is 0.338 e. The third kappa shape index (κ3) is 9.94. The second-order valence-electron chi connectivity index (χ2n) is 12.2. The predicted molar refractivity (Wildman–Crippen MR) is 172 cm³/mol. The number of hydrogen-bond donors (Lipinski definition) is 0. The maximum absolute atomic E-state index is 12.7. The SMILES string of the molecule is CCCCCC1CCC(c2ccc(C#Cc3ccc(C4O[C@@H](C(=O)OCCCC)[C@H](C(=O)OCCCC)O4)cc3)cc2)CC1. The molecule has 1 aliphatic heterocycles. The maximum atomic E-state index is 12.7. The summed E-state index contributed by atoms with van der Waals surface area (Å²) in [4.78, 5) is 25.5. The van der Waals surface area contributed by atoms with Gasteiger partial charge in [-0.25, -0.2) is 9.59 Å². The first kappa shape index (κ1) is 33.7. The van der Waals surface area contributed by atoms with E-state index in [2.05, 4.69) is 43.0 Å². The van der Waals surface area contributed by atoms with Gasteiger partial charge in [-0.15, -0.1) is 0 Å². The molecular formula is C38H50O6. The molecule has 2 aromatic rings. The number of carbonyl (C=O) groups is 2. The zero-order valence-electron chi connectivity index (χ0n) is 26.9. The molecule has 2 aromatic carbocycles. The minimum absolute atomic E-state index is 0.272. The fraction of sp³-hybridized carbons (Fsp3) is 0.579. The van der Waals surface area contributed by atoms with Crippen LogP contribution in [0.4, 0.5) is 0 Å². The van der Waals surface area contributed by atoms with Gasteiger partial charge in [-0.05, 0) is 80.2 Å². The Labute approximate surface area is 264 Å². The average molecular weight is 603 g/mol. The van der Waals surface area contributed by atoms with Crippen LogP contribution in [0.5, 0.6) is 0 Å². The largest absolute Gasteiger partial charge is 0.464 e. The minimum atomic E-state index is -1.17. The molecule has 1 saturated heterocycles.